The average Bonchev–Trinajstić information content (AvgIpc) is 2.86. The molecule has 0 bridgehead atoms. The van der Waals surface area contributed by atoms with Gasteiger partial charge in [-0.25, -0.2) is 4.79 Å². The summed E-state index contributed by atoms with van der Waals surface area (Å²) in [5, 5.41) is 11.2. The van der Waals surface area contributed by atoms with E-state index in [9.17, 15) is 9.59 Å². The number of nitrogens with one attached hydrogen (secondary N) is 1. The lowest BCUT2D eigenvalue weighted by atomic mass is 10.1. The number of benzene rings is 1. The van der Waals surface area contributed by atoms with Crippen molar-refractivity contribution in [3.05, 3.63) is 41.5 Å². The van der Waals surface area contributed by atoms with Crippen molar-refractivity contribution >= 4 is 17.6 Å². The third-order valence-electron chi connectivity index (χ3n) is 3.44. The zero-order chi connectivity index (χ0) is 15.2. The molecule has 0 atom stereocenters. The van der Waals surface area contributed by atoms with E-state index < -0.39 is 5.97 Å². The molecule has 0 saturated carbocycles. The van der Waals surface area contributed by atoms with Crippen LogP contribution < -0.4 is 5.32 Å². The first-order valence-corrected chi connectivity index (χ1v) is 6.73. The van der Waals surface area contributed by atoms with Crippen molar-refractivity contribution in [2.24, 2.45) is 0 Å². The number of hydrogen-bond donors (Lipinski definition) is 2. The van der Waals surface area contributed by atoms with Crippen LogP contribution >= 0.6 is 0 Å². The van der Waals surface area contributed by atoms with Gasteiger partial charge in [-0.3, -0.25) is 4.79 Å². The molecule has 2 rings (SSSR count). The molecule has 1 aromatic rings. The molecule has 1 heterocycles. The molecule has 1 aromatic carbocycles. The highest BCUT2D eigenvalue weighted by atomic mass is 17.1. The minimum atomic E-state index is -0.732. The van der Waals surface area contributed by atoms with Crippen molar-refractivity contribution in [3.8, 4) is 0 Å². The molecule has 1 aliphatic heterocycles. The molecule has 0 spiro atoms. The Kier molecular flexibility index (Phi) is 4.94. The average molecular weight is 290 g/mol. The second-order valence-corrected chi connectivity index (χ2v) is 4.83. The minimum absolute atomic E-state index is 0.00121. The molecular weight excluding hydrogens is 272 g/mol. The smallest absolute Gasteiger partial charge is 0.342 e. The van der Waals surface area contributed by atoms with E-state index in [1.807, 2.05) is 37.4 Å². The summed E-state index contributed by atoms with van der Waals surface area (Å²) in [6.45, 7) is 1.07. The van der Waals surface area contributed by atoms with Crippen LogP contribution in [-0.2, 0) is 21.0 Å². The Labute approximate surface area is 122 Å². The molecule has 0 fully saturated rings. The summed E-state index contributed by atoms with van der Waals surface area (Å²) in [4.78, 5) is 28.4. The monoisotopic (exact) mass is 290 g/mol. The molecule has 0 saturated heterocycles. The van der Waals surface area contributed by atoms with E-state index in [-0.39, 0.29) is 18.7 Å². The van der Waals surface area contributed by atoms with E-state index >= 15 is 0 Å². The van der Waals surface area contributed by atoms with Crippen LogP contribution in [0.2, 0.25) is 0 Å². The number of rotatable bonds is 6. The largest absolute Gasteiger partial charge is 0.388 e. The van der Waals surface area contributed by atoms with E-state index in [2.05, 4.69) is 10.2 Å². The van der Waals surface area contributed by atoms with Gasteiger partial charge in [-0.1, -0.05) is 18.2 Å². The lowest BCUT2D eigenvalue weighted by Gasteiger charge is -2.17. The van der Waals surface area contributed by atoms with Gasteiger partial charge in [-0.15, -0.1) is 0 Å². The molecule has 0 aromatic heterocycles. The van der Waals surface area contributed by atoms with Crippen molar-refractivity contribution in [1.29, 1.82) is 0 Å². The van der Waals surface area contributed by atoms with Gasteiger partial charge in [0, 0.05) is 31.4 Å². The van der Waals surface area contributed by atoms with Gasteiger partial charge in [0.1, 0.15) is 0 Å². The van der Waals surface area contributed by atoms with Gasteiger partial charge >= 0.3 is 5.97 Å². The molecule has 112 valence electrons. The Bertz CT molecular complexity index is 551. The summed E-state index contributed by atoms with van der Waals surface area (Å²) in [5.41, 5.74) is 2.66. The first-order valence-electron chi connectivity index (χ1n) is 6.73. The van der Waals surface area contributed by atoms with Crippen molar-refractivity contribution in [2.45, 2.75) is 19.4 Å². The van der Waals surface area contributed by atoms with E-state index in [1.165, 1.54) is 0 Å². The zero-order valence-electron chi connectivity index (χ0n) is 11.8. The molecule has 6 heteroatoms. The van der Waals surface area contributed by atoms with Crippen LogP contribution in [0, 0.1) is 0 Å². The standard InChI is InChI=1S/C15H18N2O4/c1-16-13-5-2-11(3-6-13)10-17-9-8-12(15(17)19)4-7-14(18)21-20/h2-3,5-6,8,16,20H,4,7,9-10H2,1H3. The lowest BCUT2D eigenvalue weighted by molar-refractivity contribution is -0.234. The van der Waals surface area contributed by atoms with Gasteiger partial charge in [-0.05, 0) is 24.1 Å². The summed E-state index contributed by atoms with van der Waals surface area (Å²) in [5.74, 6) is -0.803. The highest BCUT2D eigenvalue weighted by Crippen LogP contribution is 2.19. The van der Waals surface area contributed by atoms with Crippen molar-refractivity contribution in [1.82, 2.24) is 4.90 Å². The quantitative estimate of drug-likeness (QED) is 0.617. The van der Waals surface area contributed by atoms with Crippen LogP contribution in [-0.4, -0.2) is 35.6 Å². The normalized spacial score (nSPS) is 14.1. The summed E-state index contributed by atoms with van der Waals surface area (Å²) in [6.07, 6.45) is 2.10. The summed E-state index contributed by atoms with van der Waals surface area (Å²) >= 11 is 0. The summed E-state index contributed by atoms with van der Waals surface area (Å²) < 4.78 is 0. The molecule has 0 radical (unpaired) electrons. The van der Waals surface area contributed by atoms with Crippen LogP contribution in [0.1, 0.15) is 18.4 Å². The Morgan fingerprint density at radius 1 is 1.38 bits per heavy atom. The van der Waals surface area contributed by atoms with Gasteiger partial charge in [-0.2, -0.15) is 5.26 Å². The van der Waals surface area contributed by atoms with E-state index in [0.717, 1.165) is 11.3 Å². The first-order chi connectivity index (χ1) is 10.1. The summed E-state index contributed by atoms with van der Waals surface area (Å²) in [7, 11) is 1.85. The van der Waals surface area contributed by atoms with Crippen LogP contribution in [0.25, 0.3) is 0 Å². The maximum atomic E-state index is 12.2. The predicted octanol–water partition coefficient (Wildman–Crippen LogP) is 1.79. The molecule has 1 aliphatic rings. The topological polar surface area (TPSA) is 78.9 Å². The number of carbonyl (C=O) groups excluding carboxylic acids is 2. The second-order valence-electron chi connectivity index (χ2n) is 4.83. The third kappa shape index (κ3) is 3.82. The molecule has 1 amide bonds. The van der Waals surface area contributed by atoms with Crippen molar-refractivity contribution in [2.75, 3.05) is 18.9 Å². The van der Waals surface area contributed by atoms with Crippen molar-refractivity contribution < 1.29 is 19.7 Å². The van der Waals surface area contributed by atoms with E-state index in [4.69, 9.17) is 5.26 Å². The second kappa shape index (κ2) is 6.90. The molecule has 0 unspecified atom stereocenters. The highest BCUT2D eigenvalue weighted by Gasteiger charge is 2.24. The van der Waals surface area contributed by atoms with Gasteiger partial charge in [0.15, 0.2) is 0 Å². The van der Waals surface area contributed by atoms with Crippen molar-refractivity contribution in [3.63, 3.8) is 0 Å². The Morgan fingerprint density at radius 3 is 2.71 bits per heavy atom. The third-order valence-corrected chi connectivity index (χ3v) is 3.44. The van der Waals surface area contributed by atoms with Gasteiger partial charge in [0.05, 0.1) is 6.42 Å². The number of amides is 1. The predicted molar refractivity (Wildman–Crippen MR) is 77.4 cm³/mol. The van der Waals surface area contributed by atoms with Gasteiger partial charge in [0.2, 0.25) is 5.91 Å². The van der Waals surface area contributed by atoms with Gasteiger partial charge < -0.3 is 15.1 Å². The SMILES string of the molecule is CNc1ccc(CN2CC=C(CCC(=O)OO)C2=O)cc1. The van der Waals surface area contributed by atoms with Gasteiger partial charge in [0.25, 0.3) is 0 Å². The Morgan fingerprint density at radius 2 is 2.10 bits per heavy atom. The first kappa shape index (κ1) is 15.1. The van der Waals surface area contributed by atoms with Crippen LogP contribution in [0.3, 0.4) is 0 Å². The van der Waals surface area contributed by atoms with Crippen LogP contribution in [0.5, 0.6) is 0 Å². The molecule has 0 aliphatic carbocycles. The lowest BCUT2D eigenvalue weighted by Crippen LogP contribution is -2.26. The molecule has 6 nitrogen and oxygen atoms in total. The Hall–Kier alpha value is -2.34. The Balaban J connectivity index is 1.89. The fourth-order valence-corrected chi connectivity index (χ4v) is 2.22. The number of hydrogen-bond acceptors (Lipinski definition) is 5. The van der Waals surface area contributed by atoms with Crippen LogP contribution in [0.15, 0.2) is 35.9 Å². The number of nitrogens with zero attached hydrogens (tertiary/aromatic N) is 1. The molecule has 2 N–H and O–H groups in total. The fraction of sp³-hybridized carbons (Fsp3) is 0.333. The highest BCUT2D eigenvalue weighted by molar-refractivity contribution is 5.96. The molecular formula is C15H18N2O4. The fourth-order valence-electron chi connectivity index (χ4n) is 2.22. The molecule has 21 heavy (non-hydrogen) atoms. The summed E-state index contributed by atoms with van der Waals surface area (Å²) in [6, 6.07) is 7.86. The van der Waals surface area contributed by atoms with E-state index in [1.54, 1.807) is 4.90 Å². The number of anilines is 1. The van der Waals surface area contributed by atoms with E-state index in [0.29, 0.717) is 18.7 Å². The minimum Gasteiger partial charge on any atom is -0.388 e. The zero-order valence-corrected chi connectivity index (χ0v) is 11.8. The maximum absolute atomic E-state index is 12.2. The number of carbonyl (C=O) groups is 2. The van der Waals surface area contributed by atoms with Crippen LogP contribution in [0.4, 0.5) is 5.69 Å². The maximum Gasteiger partial charge on any atom is 0.342 e.